The van der Waals surface area contributed by atoms with Crippen LogP contribution in [0.25, 0.3) is 6.08 Å². The number of nitrogens with one attached hydrogen (secondary N) is 1. The molecule has 0 saturated carbocycles. The summed E-state index contributed by atoms with van der Waals surface area (Å²) in [6.45, 7) is 1.52. The van der Waals surface area contributed by atoms with Crippen LogP contribution < -0.4 is 10.2 Å². The molecule has 0 radical (unpaired) electrons. The highest BCUT2D eigenvalue weighted by Gasteiger charge is 2.70. The topological polar surface area (TPSA) is 66.5 Å². The zero-order valence-corrected chi connectivity index (χ0v) is 20.0. The molecule has 3 aliphatic heterocycles. The number of fused-ring (bicyclic) bond motifs is 5. The third kappa shape index (κ3) is 2.69. The van der Waals surface area contributed by atoms with Crippen molar-refractivity contribution < 1.29 is 14.4 Å². The molecule has 3 aliphatic rings. The van der Waals surface area contributed by atoms with Gasteiger partial charge < -0.3 is 10.2 Å². The van der Waals surface area contributed by atoms with E-state index in [4.69, 9.17) is 0 Å². The quantitative estimate of drug-likeness (QED) is 0.500. The van der Waals surface area contributed by atoms with Gasteiger partial charge in [0.2, 0.25) is 5.91 Å². The molecule has 5 nitrogen and oxygen atoms in total. The molecule has 1 N–H and O–H groups in total. The number of nitrogens with zero attached hydrogens (tertiary/aromatic N) is 1. The van der Waals surface area contributed by atoms with Gasteiger partial charge in [-0.1, -0.05) is 76.6 Å². The van der Waals surface area contributed by atoms with Crippen molar-refractivity contribution in [1.82, 2.24) is 0 Å². The Morgan fingerprint density at radius 3 is 2.44 bits per heavy atom. The lowest BCUT2D eigenvalue weighted by molar-refractivity contribution is -0.127. The maximum Gasteiger partial charge on any atom is 0.238 e. The molecule has 1 amide bonds. The molecule has 1 unspecified atom stereocenters. The second-order valence-corrected chi connectivity index (χ2v) is 9.96. The molecule has 4 atom stereocenters. The van der Waals surface area contributed by atoms with E-state index in [0.29, 0.717) is 16.8 Å². The van der Waals surface area contributed by atoms with Crippen molar-refractivity contribution in [3.8, 4) is 0 Å². The van der Waals surface area contributed by atoms with Crippen molar-refractivity contribution >= 4 is 50.9 Å². The van der Waals surface area contributed by atoms with E-state index in [2.05, 4.69) is 21.2 Å². The first-order valence-electron chi connectivity index (χ1n) is 11.2. The zero-order valence-electron chi connectivity index (χ0n) is 18.4. The number of para-hydroxylation sites is 2. The fraction of sp³-hybridized carbons (Fsp3) is 0.179. The van der Waals surface area contributed by atoms with Crippen molar-refractivity contribution in [3.05, 3.63) is 100 Å². The number of benzene rings is 3. The first-order valence-corrected chi connectivity index (χ1v) is 12.0. The summed E-state index contributed by atoms with van der Waals surface area (Å²) in [5, 5.41) is 2.99. The van der Waals surface area contributed by atoms with Crippen LogP contribution in [0, 0.1) is 5.92 Å². The number of rotatable bonds is 3. The smallest absolute Gasteiger partial charge is 0.238 e. The Morgan fingerprint density at radius 1 is 0.971 bits per heavy atom. The van der Waals surface area contributed by atoms with E-state index >= 15 is 0 Å². The fourth-order valence-corrected chi connectivity index (χ4v) is 6.38. The first-order chi connectivity index (χ1) is 16.4. The minimum Gasteiger partial charge on any atom is -0.352 e. The van der Waals surface area contributed by atoms with Gasteiger partial charge in [-0.15, -0.1) is 0 Å². The normalized spacial score (nSPS) is 26.1. The lowest BCUT2D eigenvalue weighted by Gasteiger charge is -2.36. The SMILES string of the molecule is CC(=O)[C@@H]1N2c3ccccc3C=CC2[C@H](C(=O)c2ccc(Br)cc2)[C@]12C(=O)Nc1ccccc12. The van der Waals surface area contributed by atoms with Gasteiger partial charge >= 0.3 is 0 Å². The van der Waals surface area contributed by atoms with Crippen LogP contribution in [0.3, 0.4) is 0 Å². The summed E-state index contributed by atoms with van der Waals surface area (Å²) in [4.78, 5) is 43.6. The molecular weight excluding hydrogens is 492 g/mol. The van der Waals surface area contributed by atoms with E-state index in [1.807, 2.05) is 77.7 Å². The zero-order chi connectivity index (χ0) is 23.6. The van der Waals surface area contributed by atoms with E-state index in [9.17, 15) is 14.4 Å². The Morgan fingerprint density at radius 2 is 1.68 bits per heavy atom. The lowest BCUT2D eigenvalue weighted by Crippen LogP contribution is -2.54. The number of carbonyl (C=O) groups is 3. The number of ketones is 2. The molecule has 3 heterocycles. The van der Waals surface area contributed by atoms with Gasteiger partial charge in [0.1, 0.15) is 11.5 Å². The highest BCUT2D eigenvalue weighted by Crippen LogP contribution is 2.57. The molecule has 6 heteroatoms. The number of Topliss-reactive ketones (excluding diaryl/α,β-unsaturated/α-hetero) is 2. The van der Waals surface area contributed by atoms with Gasteiger partial charge in [-0.3, -0.25) is 14.4 Å². The van der Waals surface area contributed by atoms with Crippen LogP contribution >= 0.6 is 15.9 Å². The highest BCUT2D eigenvalue weighted by molar-refractivity contribution is 9.10. The van der Waals surface area contributed by atoms with E-state index < -0.39 is 23.4 Å². The standard InChI is InChI=1S/C28H21BrN2O3/c1-16(32)26-28(20-7-3-4-8-21(20)30-27(28)34)24(25(33)18-10-13-19(29)14-11-18)23-15-12-17-6-2-5-9-22(17)31(23)26/h2-15,23-24,26H,1H3,(H,30,34)/t23?,24-,26+,28+/m1/s1. The Balaban J connectivity index is 1.66. The number of carbonyl (C=O) groups excluding carboxylic acids is 3. The molecule has 1 spiro atoms. The second-order valence-electron chi connectivity index (χ2n) is 9.05. The molecular formula is C28H21BrN2O3. The van der Waals surface area contributed by atoms with E-state index in [1.165, 1.54) is 6.92 Å². The summed E-state index contributed by atoms with van der Waals surface area (Å²) in [5.41, 5.74) is 2.35. The largest absolute Gasteiger partial charge is 0.352 e. The van der Waals surface area contributed by atoms with Crippen molar-refractivity contribution in [2.75, 3.05) is 10.2 Å². The van der Waals surface area contributed by atoms with Crippen LogP contribution in [0.4, 0.5) is 11.4 Å². The van der Waals surface area contributed by atoms with E-state index in [-0.39, 0.29) is 17.5 Å². The summed E-state index contributed by atoms with van der Waals surface area (Å²) < 4.78 is 0.865. The predicted octanol–water partition coefficient (Wildman–Crippen LogP) is 5.01. The Labute approximate surface area is 205 Å². The predicted molar refractivity (Wildman–Crippen MR) is 135 cm³/mol. The Kier molecular flexibility index (Phi) is 4.64. The molecule has 3 aromatic rings. The molecule has 0 aliphatic carbocycles. The van der Waals surface area contributed by atoms with Gasteiger partial charge in [-0.05, 0) is 42.3 Å². The van der Waals surface area contributed by atoms with E-state index in [1.54, 1.807) is 12.1 Å². The maximum absolute atomic E-state index is 14.2. The minimum absolute atomic E-state index is 0.145. The van der Waals surface area contributed by atoms with Gasteiger partial charge in [0.25, 0.3) is 0 Å². The molecule has 3 aromatic carbocycles. The van der Waals surface area contributed by atoms with Crippen molar-refractivity contribution in [1.29, 1.82) is 0 Å². The summed E-state index contributed by atoms with van der Waals surface area (Å²) in [5.74, 6) is -1.38. The van der Waals surface area contributed by atoms with Crippen LogP contribution in [-0.2, 0) is 15.0 Å². The van der Waals surface area contributed by atoms with Crippen LogP contribution in [0.2, 0.25) is 0 Å². The summed E-state index contributed by atoms with van der Waals surface area (Å²) in [7, 11) is 0. The van der Waals surface area contributed by atoms with Crippen molar-refractivity contribution in [3.63, 3.8) is 0 Å². The van der Waals surface area contributed by atoms with Gasteiger partial charge in [0.15, 0.2) is 11.6 Å². The van der Waals surface area contributed by atoms with Gasteiger partial charge in [-0.2, -0.15) is 0 Å². The number of anilines is 2. The number of amides is 1. The minimum atomic E-state index is -1.35. The lowest BCUT2D eigenvalue weighted by atomic mass is 9.64. The average molecular weight is 513 g/mol. The highest BCUT2D eigenvalue weighted by atomic mass is 79.9. The molecule has 0 bridgehead atoms. The molecule has 34 heavy (non-hydrogen) atoms. The molecule has 6 rings (SSSR count). The maximum atomic E-state index is 14.2. The van der Waals surface area contributed by atoms with Crippen LogP contribution in [0.1, 0.15) is 28.4 Å². The van der Waals surface area contributed by atoms with Gasteiger partial charge in [0, 0.05) is 21.4 Å². The van der Waals surface area contributed by atoms with Gasteiger partial charge in [-0.25, -0.2) is 0 Å². The Bertz CT molecular complexity index is 1400. The number of halogens is 1. The second kappa shape index (κ2) is 7.50. The molecule has 0 aromatic heterocycles. The number of hydrogen-bond donors (Lipinski definition) is 1. The van der Waals surface area contributed by atoms with Crippen molar-refractivity contribution in [2.45, 2.75) is 24.4 Å². The number of hydrogen-bond acceptors (Lipinski definition) is 4. The summed E-state index contributed by atoms with van der Waals surface area (Å²) in [6.07, 6.45) is 3.97. The van der Waals surface area contributed by atoms with E-state index in [0.717, 1.165) is 15.7 Å². The van der Waals surface area contributed by atoms with Crippen LogP contribution in [0.5, 0.6) is 0 Å². The monoisotopic (exact) mass is 512 g/mol. The average Bonchev–Trinajstić information content (AvgIpc) is 3.32. The molecule has 168 valence electrons. The van der Waals surface area contributed by atoms with Gasteiger partial charge in [0.05, 0.1) is 12.0 Å². The Hall–Kier alpha value is -3.51. The van der Waals surface area contributed by atoms with Crippen LogP contribution in [-0.4, -0.2) is 29.6 Å². The summed E-state index contributed by atoms with van der Waals surface area (Å²) in [6, 6.07) is 21.1. The van der Waals surface area contributed by atoms with Crippen LogP contribution in [0.15, 0.2) is 83.3 Å². The van der Waals surface area contributed by atoms with Crippen molar-refractivity contribution in [2.24, 2.45) is 5.92 Å². The first kappa shape index (κ1) is 21.1. The summed E-state index contributed by atoms with van der Waals surface area (Å²) >= 11 is 3.43. The molecule has 1 fully saturated rings. The third-order valence-electron chi connectivity index (χ3n) is 7.34. The fourth-order valence-electron chi connectivity index (χ4n) is 6.11. The third-order valence-corrected chi connectivity index (χ3v) is 7.87. The molecule has 1 saturated heterocycles.